The molecule has 0 aliphatic rings. The van der Waals surface area contributed by atoms with Crippen molar-refractivity contribution in [2.75, 3.05) is 6.61 Å². The van der Waals surface area contributed by atoms with E-state index in [4.69, 9.17) is 4.74 Å². The summed E-state index contributed by atoms with van der Waals surface area (Å²) in [5.74, 6) is 0.509. The van der Waals surface area contributed by atoms with Gasteiger partial charge in [0.25, 0.3) is 0 Å². The fourth-order valence-corrected chi connectivity index (χ4v) is 1.64. The van der Waals surface area contributed by atoms with Crippen LogP contribution in [0.15, 0.2) is 35.9 Å². The third-order valence-corrected chi connectivity index (χ3v) is 2.56. The zero-order valence-corrected chi connectivity index (χ0v) is 12.0. The van der Waals surface area contributed by atoms with E-state index in [0.717, 1.165) is 5.76 Å². The van der Waals surface area contributed by atoms with Gasteiger partial charge in [-0.3, -0.25) is 4.79 Å². The first kappa shape index (κ1) is 17.4. The molecule has 1 N–H and O–H groups in total. The average molecular weight is 269 g/mol. The normalized spacial score (nSPS) is 14.4. The molecule has 1 atom stereocenters. The molecule has 0 fully saturated rings. The molecular weight excluding hydrogens is 245 g/mol. The maximum absolute atomic E-state index is 14.0. The molecule has 4 heteroatoms. The van der Waals surface area contributed by atoms with Crippen LogP contribution in [0.25, 0.3) is 0 Å². The van der Waals surface area contributed by atoms with Crippen molar-refractivity contribution in [2.24, 2.45) is 0 Å². The van der Waals surface area contributed by atoms with E-state index in [2.05, 4.69) is 11.9 Å². The van der Waals surface area contributed by atoms with Gasteiger partial charge in [0.1, 0.15) is 5.83 Å². The van der Waals surface area contributed by atoms with Crippen LogP contribution in [0.5, 0.6) is 0 Å². The number of ether oxygens (including phenoxy) is 1. The third-order valence-electron chi connectivity index (χ3n) is 2.56. The Morgan fingerprint density at radius 2 is 2.16 bits per heavy atom. The van der Waals surface area contributed by atoms with Gasteiger partial charge in [0, 0.05) is 18.9 Å². The SMILES string of the molecule is C=CC/C(F)=C(\C=C(/CC)OCC)C[C@@H](C)NC=O. The molecule has 0 heterocycles. The fourth-order valence-electron chi connectivity index (χ4n) is 1.64. The summed E-state index contributed by atoms with van der Waals surface area (Å²) in [6.07, 6.45) is 5.19. The lowest BCUT2D eigenvalue weighted by Gasteiger charge is -2.14. The summed E-state index contributed by atoms with van der Waals surface area (Å²) in [4.78, 5) is 10.4. The first-order valence-corrected chi connectivity index (χ1v) is 6.60. The van der Waals surface area contributed by atoms with Gasteiger partial charge < -0.3 is 10.1 Å². The lowest BCUT2D eigenvalue weighted by atomic mass is 10.0. The number of rotatable bonds is 10. The van der Waals surface area contributed by atoms with E-state index in [-0.39, 0.29) is 18.3 Å². The number of nitrogens with one attached hydrogen (secondary N) is 1. The largest absolute Gasteiger partial charge is 0.498 e. The van der Waals surface area contributed by atoms with E-state index in [1.165, 1.54) is 6.08 Å². The van der Waals surface area contributed by atoms with Crippen LogP contribution in [0.1, 0.15) is 40.0 Å². The van der Waals surface area contributed by atoms with Crippen molar-refractivity contribution in [1.82, 2.24) is 5.32 Å². The minimum absolute atomic E-state index is 0.126. The van der Waals surface area contributed by atoms with Gasteiger partial charge >= 0.3 is 0 Å². The molecule has 0 rings (SSSR count). The molecule has 0 aliphatic heterocycles. The number of amides is 1. The van der Waals surface area contributed by atoms with Crippen LogP contribution in [0.2, 0.25) is 0 Å². The number of hydrogen-bond donors (Lipinski definition) is 1. The fraction of sp³-hybridized carbons (Fsp3) is 0.533. The topological polar surface area (TPSA) is 38.3 Å². The molecule has 0 aromatic carbocycles. The maximum atomic E-state index is 14.0. The second-order valence-electron chi connectivity index (χ2n) is 4.21. The number of allylic oxidation sites excluding steroid dienone is 4. The van der Waals surface area contributed by atoms with E-state index in [1.807, 2.05) is 20.8 Å². The lowest BCUT2D eigenvalue weighted by Crippen LogP contribution is -2.24. The predicted octanol–water partition coefficient (Wildman–Crippen LogP) is 3.64. The van der Waals surface area contributed by atoms with Gasteiger partial charge in [-0.05, 0) is 31.9 Å². The van der Waals surface area contributed by atoms with Gasteiger partial charge in [-0.15, -0.1) is 6.58 Å². The van der Waals surface area contributed by atoms with Gasteiger partial charge in [0.2, 0.25) is 6.41 Å². The molecule has 0 saturated carbocycles. The summed E-state index contributed by atoms with van der Waals surface area (Å²) in [7, 11) is 0. The quantitative estimate of drug-likeness (QED) is 0.284. The van der Waals surface area contributed by atoms with Crippen molar-refractivity contribution in [3.05, 3.63) is 35.9 Å². The van der Waals surface area contributed by atoms with Crippen LogP contribution in [-0.4, -0.2) is 19.1 Å². The Hall–Kier alpha value is -1.58. The second kappa shape index (κ2) is 10.4. The van der Waals surface area contributed by atoms with Crippen molar-refractivity contribution < 1.29 is 13.9 Å². The molecule has 0 spiro atoms. The maximum Gasteiger partial charge on any atom is 0.207 e. The second-order valence-corrected chi connectivity index (χ2v) is 4.21. The Labute approximate surface area is 115 Å². The Morgan fingerprint density at radius 3 is 2.63 bits per heavy atom. The third kappa shape index (κ3) is 7.44. The van der Waals surface area contributed by atoms with Crippen LogP contribution in [0.3, 0.4) is 0 Å². The van der Waals surface area contributed by atoms with Gasteiger partial charge in [-0.1, -0.05) is 13.0 Å². The number of halogens is 1. The molecule has 3 nitrogen and oxygen atoms in total. The van der Waals surface area contributed by atoms with E-state index < -0.39 is 0 Å². The van der Waals surface area contributed by atoms with Crippen LogP contribution in [0.4, 0.5) is 4.39 Å². The molecule has 0 bridgehead atoms. The molecule has 108 valence electrons. The predicted molar refractivity (Wildman–Crippen MR) is 76.2 cm³/mol. The Bertz CT molecular complexity index is 348. The van der Waals surface area contributed by atoms with Crippen LogP contribution in [-0.2, 0) is 9.53 Å². The molecule has 0 unspecified atom stereocenters. The molecule has 0 aliphatic carbocycles. The Kier molecular flexibility index (Phi) is 9.49. The van der Waals surface area contributed by atoms with E-state index in [1.54, 1.807) is 6.08 Å². The van der Waals surface area contributed by atoms with Crippen molar-refractivity contribution in [3.8, 4) is 0 Å². The monoisotopic (exact) mass is 269 g/mol. The molecular formula is C15H24FNO2. The lowest BCUT2D eigenvalue weighted by molar-refractivity contribution is -0.110. The first-order chi connectivity index (χ1) is 9.08. The molecule has 1 amide bonds. The van der Waals surface area contributed by atoms with Crippen molar-refractivity contribution in [2.45, 2.75) is 46.1 Å². The number of hydrogen-bond acceptors (Lipinski definition) is 2. The highest BCUT2D eigenvalue weighted by atomic mass is 19.1. The van der Waals surface area contributed by atoms with Crippen molar-refractivity contribution in [1.29, 1.82) is 0 Å². The Morgan fingerprint density at radius 1 is 1.47 bits per heavy atom. The van der Waals surface area contributed by atoms with Crippen molar-refractivity contribution in [3.63, 3.8) is 0 Å². The van der Waals surface area contributed by atoms with E-state index >= 15 is 0 Å². The smallest absolute Gasteiger partial charge is 0.207 e. The summed E-state index contributed by atoms with van der Waals surface area (Å²) < 4.78 is 19.4. The molecule has 0 saturated heterocycles. The summed E-state index contributed by atoms with van der Waals surface area (Å²) in [5, 5.41) is 2.62. The highest BCUT2D eigenvalue weighted by Gasteiger charge is 2.10. The zero-order valence-electron chi connectivity index (χ0n) is 12.0. The van der Waals surface area contributed by atoms with Crippen LogP contribution < -0.4 is 5.32 Å². The average Bonchev–Trinajstić information content (AvgIpc) is 2.37. The minimum atomic E-state index is -0.236. The van der Waals surface area contributed by atoms with Gasteiger partial charge in [0.05, 0.1) is 12.4 Å². The summed E-state index contributed by atoms with van der Waals surface area (Å²) in [5.41, 5.74) is 0.548. The van der Waals surface area contributed by atoms with Crippen molar-refractivity contribution >= 4 is 6.41 Å². The first-order valence-electron chi connectivity index (χ1n) is 6.60. The van der Waals surface area contributed by atoms with Gasteiger partial charge in [-0.25, -0.2) is 4.39 Å². The van der Waals surface area contributed by atoms with Gasteiger partial charge in [-0.2, -0.15) is 0 Å². The molecule has 0 radical (unpaired) electrons. The number of carbonyl (C=O) groups is 1. The van der Waals surface area contributed by atoms with E-state index in [0.29, 0.717) is 31.4 Å². The highest BCUT2D eigenvalue weighted by Crippen LogP contribution is 2.20. The van der Waals surface area contributed by atoms with E-state index in [9.17, 15) is 9.18 Å². The highest BCUT2D eigenvalue weighted by molar-refractivity contribution is 5.46. The van der Waals surface area contributed by atoms with Gasteiger partial charge in [0.15, 0.2) is 0 Å². The summed E-state index contributed by atoms with van der Waals surface area (Å²) in [6, 6.07) is -0.126. The zero-order chi connectivity index (χ0) is 14.7. The summed E-state index contributed by atoms with van der Waals surface area (Å²) >= 11 is 0. The summed E-state index contributed by atoms with van der Waals surface area (Å²) in [6.45, 7) is 9.77. The minimum Gasteiger partial charge on any atom is -0.498 e. The van der Waals surface area contributed by atoms with Crippen LogP contribution >= 0.6 is 0 Å². The Balaban J connectivity index is 5.10. The van der Waals surface area contributed by atoms with Crippen LogP contribution in [0, 0.1) is 0 Å². The standard InChI is InChI=1S/C15H24FNO2/c1-5-8-15(16)13(9-12(4)17-11-18)10-14(6-2)19-7-3/h5,10-12H,1,6-9H2,2-4H3,(H,17,18)/b14-10+,15-13+/t12-/m1/s1. The molecule has 19 heavy (non-hydrogen) atoms. The molecule has 0 aromatic heterocycles. The number of carbonyl (C=O) groups excluding carboxylic acids is 1. The molecule has 0 aromatic rings.